The molecular weight excluding hydrogens is 426 g/mol. The molecule has 168 valence electrons. The van der Waals surface area contributed by atoms with E-state index in [2.05, 4.69) is 31.3 Å². The summed E-state index contributed by atoms with van der Waals surface area (Å²) < 4.78 is 0. The topological polar surface area (TPSA) is 121 Å². The van der Waals surface area contributed by atoms with E-state index in [1.165, 1.54) is 17.7 Å². The lowest BCUT2D eigenvalue weighted by atomic mass is 9.63. The summed E-state index contributed by atoms with van der Waals surface area (Å²) in [4.78, 5) is 29.6. The maximum absolute atomic E-state index is 11.6. The number of benzene rings is 1. The highest BCUT2D eigenvalue weighted by atomic mass is 32.1. The van der Waals surface area contributed by atoms with Crippen molar-refractivity contribution < 1.29 is 15.0 Å². The predicted octanol–water partition coefficient (Wildman–Crippen LogP) is 4.45. The largest absolute Gasteiger partial charge is 0.481 e. The van der Waals surface area contributed by atoms with Crippen LogP contribution in [-0.2, 0) is 10.4 Å². The van der Waals surface area contributed by atoms with Crippen LogP contribution in [0.3, 0.4) is 0 Å². The van der Waals surface area contributed by atoms with E-state index >= 15 is 0 Å². The third kappa shape index (κ3) is 4.49. The molecule has 2 heterocycles. The molecule has 2 atom stereocenters. The second-order valence-corrected chi connectivity index (χ2v) is 10.3. The Morgan fingerprint density at radius 2 is 1.97 bits per heavy atom. The van der Waals surface area contributed by atoms with Gasteiger partial charge in [-0.25, -0.2) is 15.0 Å². The number of hydrogen-bond donors (Lipinski definition) is 3. The summed E-state index contributed by atoms with van der Waals surface area (Å²) in [7, 11) is 0. The van der Waals surface area contributed by atoms with Crippen molar-refractivity contribution in [2.45, 2.75) is 52.6 Å². The number of nitrogens with one attached hydrogen (secondary N) is 1. The van der Waals surface area contributed by atoms with Crippen molar-refractivity contribution in [2.24, 2.45) is 11.3 Å². The standard InChI is InChI=1S/C23H27N5O3S/c1-13-7-15(9-16(8-13)28-21-26-12-25-14(2)27-21)18-10-24-20(32-18)23(31)6-5-17(19(29)30)22(3,4)11-23/h7-10,12,17,31H,5-6,11H2,1-4H3,(H,29,30)(H,25,26,27,28)/t17-,23-/m0/s1. The number of anilines is 2. The molecule has 0 unspecified atom stereocenters. The highest BCUT2D eigenvalue weighted by molar-refractivity contribution is 7.15. The van der Waals surface area contributed by atoms with Crippen LogP contribution in [-0.4, -0.2) is 36.1 Å². The number of thiazole rings is 1. The average Bonchev–Trinajstić information content (AvgIpc) is 3.17. The fourth-order valence-electron chi connectivity index (χ4n) is 4.57. The molecule has 1 aromatic carbocycles. The number of hydrogen-bond acceptors (Lipinski definition) is 8. The van der Waals surface area contributed by atoms with Gasteiger partial charge in [0.05, 0.1) is 10.8 Å². The van der Waals surface area contributed by atoms with Gasteiger partial charge in [0.25, 0.3) is 0 Å². The van der Waals surface area contributed by atoms with Crippen molar-refractivity contribution in [1.29, 1.82) is 0 Å². The number of carboxylic acid groups (broad SMARTS) is 1. The van der Waals surface area contributed by atoms with Gasteiger partial charge in [-0.3, -0.25) is 4.79 Å². The third-order valence-electron chi connectivity index (χ3n) is 6.05. The Labute approximate surface area is 190 Å². The van der Waals surface area contributed by atoms with Gasteiger partial charge in [0.2, 0.25) is 5.95 Å². The minimum absolute atomic E-state index is 0.364. The van der Waals surface area contributed by atoms with Crippen molar-refractivity contribution in [3.63, 3.8) is 0 Å². The number of aliphatic carboxylic acids is 1. The Hall–Kier alpha value is -2.91. The van der Waals surface area contributed by atoms with E-state index in [0.29, 0.717) is 36.0 Å². The molecule has 0 bridgehead atoms. The van der Waals surface area contributed by atoms with Gasteiger partial charge in [-0.2, -0.15) is 4.98 Å². The van der Waals surface area contributed by atoms with Crippen molar-refractivity contribution in [1.82, 2.24) is 19.9 Å². The van der Waals surface area contributed by atoms with Gasteiger partial charge >= 0.3 is 5.97 Å². The van der Waals surface area contributed by atoms with Crippen LogP contribution in [0, 0.1) is 25.2 Å². The van der Waals surface area contributed by atoms with Crippen molar-refractivity contribution in [3.05, 3.63) is 47.1 Å². The summed E-state index contributed by atoms with van der Waals surface area (Å²) >= 11 is 1.45. The zero-order valence-corrected chi connectivity index (χ0v) is 19.4. The highest BCUT2D eigenvalue weighted by Gasteiger charge is 2.49. The van der Waals surface area contributed by atoms with Gasteiger partial charge in [-0.15, -0.1) is 11.3 Å². The maximum Gasteiger partial charge on any atom is 0.307 e. The third-order valence-corrected chi connectivity index (χ3v) is 7.29. The van der Waals surface area contributed by atoms with E-state index in [1.54, 1.807) is 6.20 Å². The number of rotatable bonds is 5. The van der Waals surface area contributed by atoms with Crippen LogP contribution >= 0.6 is 11.3 Å². The second kappa shape index (κ2) is 8.22. The van der Waals surface area contributed by atoms with Crippen LogP contribution in [0.4, 0.5) is 11.6 Å². The lowest BCUT2D eigenvalue weighted by Gasteiger charge is -2.44. The number of carboxylic acids is 1. The summed E-state index contributed by atoms with van der Waals surface area (Å²) in [6.45, 7) is 7.64. The molecule has 1 fully saturated rings. The lowest BCUT2D eigenvalue weighted by molar-refractivity contribution is -0.154. The molecule has 0 radical (unpaired) electrons. The molecule has 32 heavy (non-hydrogen) atoms. The first-order chi connectivity index (χ1) is 15.1. The van der Waals surface area contributed by atoms with Gasteiger partial charge < -0.3 is 15.5 Å². The van der Waals surface area contributed by atoms with Crippen LogP contribution in [0.2, 0.25) is 0 Å². The van der Waals surface area contributed by atoms with Crippen LogP contribution in [0.15, 0.2) is 30.7 Å². The molecular formula is C23H27N5O3S. The van der Waals surface area contributed by atoms with Crippen molar-refractivity contribution in [3.8, 4) is 10.4 Å². The molecule has 3 aromatic rings. The molecule has 4 rings (SSSR count). The molecule has 0 saturated heterocycles. The first-order valence-electron chi connectivity index (χ1n) is 10.5. The maximum atomic E-state index is 11.6. The number of aliphatic hydroxyl groups is 1. The molecule has 2 aromatic heterocycles. The average molecular weight is 454 g/mol. The molecule has 8 nitrogen and oxygen atoms in total. The number of aromatic nitrogens is 4. The van der Waals surface area contributed by atoms with Crippen molar-refractivity contribution in [2.75, 3.05) is 5.32 Å². The predicted molar refractivity (Wildman–Crippen MR) is 123 cm³/mol. The second-order valence-electron chi connectivity index (χ2n) is 9.23. The smallest absolute Gasteiger partial charge is 0.307 e. The monoisotopic (exact) mass is 453 g/mol. The fraction of sp³-hybridized carbons (Fsp3) is 0.435. The molecule has 0 aliphatic heterocycles. The SMILES string of the molecule is Cc1cc(Nc2ncnc(C)n2)cc(-c2cnc([C@]3(O)CC[C@@H](C(=O)O)C(C)(C)C3)s2)c1. The normalized spacial score (nSPS) is 22.5. The van der Waals surface area contributed by atoms with Gasteiger partial charge in [0.15, 0.2) is 0 Å². The summed E-state index contributed by atoms with van der Waals surface area (Å²) in [5.41, 5.74) is 1.25. The van der Waals surface area contributed by atoms with Gasteiger partial charge in [0.1, 0.15) is 22.8 Å². The molecule has 0 spiro atoms. The minimum atomic E-state index is -1.12. The highest BCUT2D eigenvalue weighted by Crippen LogP contribution is 2.50. The summed E-state index contributed by atoms with van der Waals surface area (Å²) in [6, 6.07) is 6.07. The summed E-state index contributed by atoms with van der Waals surface area (Å²) in [5.74, 6) is -0.154. The molecule has 1 aliphatic carbocycles. The summed E-state index contributed by atoms with van der Waals surface area (Å²) in [6.07, 6.45) is 4.43. The lowest BCUT2D eigenvalue weighted by Crippen LogP contribution is -2.44. The van der Waals surface area contributed by atoms with E-state index in [-0.39, 0.29) is 0 Å². The van der Waals surface area contributed by atoms with E-state index in [9.17, 15) is 15.0 Å². The van der Waals surface area contributed by atoms with Crippen molar-refractivity contribution >= 4 is 28.9 Å². The Morgan fingerprint density at radius 3 is 2.66 bits per heavy atom. The minimum Gasteiger partial charge on any atom is -0.481 e. The van der Waals surface area contributed by atoms with E-state index in [4.69, 9.17) is 0 Å². The van der Waals surface area contributed by atoms with Gasteiger partial charge in [0, 0.05) is 11.9 Å². The van der Waals surface area contributed by atoms with Crippen LogP contribution in [0.5, 0.6) is 0 Å². The van der Waals surface area contributed by atoms with Crippen LogP contribution in [0.1, 0.15) is 49.5 Å². The molecule has 1 aliphatic rings. The molecule has 0 amide bonds. The quantitative estimate of drug-likeness (QED) is 0.518. The zero-order chi connectivity index (χ0) is 23.1. The number of carbonyl (C=O) groups is 1. The zero-order valence-electron chi connectivity index (χ0n) is 18.6. The summed E-state index contributed by atoms with van der Waals surface area (Å²) in [5, 5.41) is 24.8. The molecule has 3 N–H and O–H groups in total. The Kier molecular flexibility index (Phi) is 5.72. The van der Waals surface area contributed by atoms with E-state index < -0.39 is 22.9 Å². The number of nitrogens with zero attached hydrogens (tertiary/aromatic N) is 4. The van der Waals surface area contributed by atoms with Crippen LogP contribution in [0.25, 0.3) is 10.4 Å². The van der Waals surface area contributed by atoms with Gasteiger partial charge in [-0.1, -0.05) is 19.9 Å². The van der Waals surface area contributed by atoms with E-state index in [1.807, 2.05) is 39.8 Å². The Balaban J connectivity index is 1.60. The first-order valence-corrected chi connectivity index (χ1v) is 11.3. The van der Waals surface area contributed by atoms with Gasteiger partial charge in [-0.05, 0) is 61.8 Å². The molecule has 9 heteroatoms. The fourth-order valence-corrected chi connectivity index (χ4v) is 5.59. The number of aryl methyl sites for hydroxylation is 2. The van der Waals surface area contributed by atoms with Crippen LogP contribution < -0.4 is 5.32 Å². The van der Waals surface area contributed by atoms with E-state index in [0.717, 1.165) is 21.7 Å². The Bertz CT molecular complexity index is 1160. The Morgan fingerprint density at radius 1 is 1.19 bits per heavy atom. The first kappa shape index (κ1) is 22.3. The molecule has 1 saturated carbocycles.